The van der Waals surface area contributed by atoms with Crippen LogP contribution in [0, 0.1) is 5.92 Å². The number of halogens is 1. The van der Waals surface area contributed by atoms with E-state index in [1.54, 1.807) is 24.7 Å². The summed E-state index contributed by atoms with van der Waals surface area (Å²) in [6.45, 7) is 4.11. The summed E-state index contributed by atoms with van der Waals surface area (Å²) >= 11 is 3.32. The molecule has 1 amide bonds. The molecule has 0 aliphatic rings. The molecule has 1 atom stereocenters. The molecule has 104 valence electrons. The quantitative estimate of drug-likeness (QED) is 0.933. The fraction of sp³-hybridized carbons (Fsp3) is 0.267. The van der Waals surface area contributed by atoms with Crippen LogP contribution in [0.15, 0.2) is 47.3 Å². The Balaban J connectivity index is 2.19. The topological polar surface area (TPSA) is 54.9 Å². The molecule has 2 aromatic rings. The van der Waals surface area contributed by atoms with Gasteiger partial charge in [-0.1, -0.05) is 19.9 Å². The van der Waals surface area contributed by atoms with E-state index >= 15 is 0 Å². The summed E-state index contributed by atoms with van der Waals surface area (Å²) in [5, 5.41) is 3.01. The average molecular weight is 334 g/mol. The molecule has 0 spiro atoms. The van der Waals surface area contributed by atoms with Crippen molar-refractivity contribution >= 4 is 21.8 Å². The molecule has 0 bridgehead atoms. The molecule has 2 rings (SSSR count). The van der Waals surface area contributed by atoms with Crippen molar-refractivity contribution in [3.8, 4) is 0 Å². The first-order valence-electron chi connectivity index (χ1n) is 6.40. The molecule has 1 N–H and O–H groups in total. The second-order valence-corrected chi connectivity index (χ2v) is 5.76. The predicted molar refractivity (Wildman–Crippen MR) is 81.2 cm³/mol. The maximum Gasteiger partial charge on any atom is 0.253 e. The Hall–Kier alpha value is -1.75. The lowest BCUT2D eigenvalue weighted by Gasteiger charge is -2.21. The van der Waals surface area contributed by atoms with E-state index < -0.39 is 0 Å². The number of amides is 1. The summed E-state index contributed by atoms with van der Waals surface area (Å²) in [7, 11) is 0. The van der Waals surface area contributed by atoms with E-state index in [4.69, 9.17) is 0 Å². The maximum atomic E-state index is 12.3. The van der Waals surface area contributed by atoms with Crippen molar-refractivity contribution in [3.63, 3.8) is 0 Å². The number of rotatable bonds is 4. The van der Waals surface area contributed by atoms with Gasteiger partial charge in [0.2, 0.25) is 0 Å². The van der Waals surface area contributed by atoms with Gasteiger partial charge in [0, 0.05) is 23.1 Å². The molecule has 0 aromatic carbocycles. The van der Waals surface area contributed by atoms with Gasteiger partial charge in [0.15, 0.2) is 0 Å². The Bertz CT molecular complexity index is 587. The number of hydrogen-bond donors (Lipinski definition) is 1. The van der Waals surface area contributed by atoms with Gasteiger partial charge in [-0.15, -0.1) is 0 Å². The zero-order chi connectivity index (χ0) is 14.5. The SMILES string of the molecule is CC(C)[C@H](NC(=O)c1cncc(Br)c1)c1ccccn1. The van der Waals surface area contributed by atoms with Crippen molar-refractivity contribution in [2.45, 2.75) is 19.9 Å². The summed E-state index contributed by atoms with van der Waals surface area (Å²) in [6.07, 6.45) is 4.93. The molecule has 0 saturated heterocycles. The monoisotopic (exact) mass is 333 g/mol. The number of pyridine rings is 2. The highest BCUT2D eigenvalue weighted by Crippen LogP contribution is 2.20. The van der Waals surface area contributed by atoms with Crippen LogP contribution in [0.4, 0.5) is 0 Å². The van der Waals surface area contributed by atoms with Crippen LogP contribution in [0.1, 0.15) is 35.9 Å². The van der Waals surface area contributed by atoms with Crippen LogP contribution in [0.3, 0.4) is 0 Å². The van der Waals surface area contributed by atoms with E-state index in [0.717, 1.165) is 10.2 Å². The Kier molecular flexibility index (Phi) is 4.84. The van der Waals surface area contributed by atoms with Gasteiger partial charge in [-0.2, -0.15) is 0 Å². The molecule has 0 fully saturated rings. The Labute approximate surface area is 126 Å². The van der Waals surface area contributed by atoms with Crippen LogP contribution < -0.4 is 5.32 Å². The zero-order valence-electron chi connectivity index (χ0n) is 11.4. The van der Waals surface area contributed by atoms with Gasteiger partial charge in [0.25, 0.3) is 5.91 Å². The van der Waals surface area contributed by atoms with Gasteiger partial charge in [-0.25, -0.2) is 0 Å². The average Bonchev–Trinajstić information content (AvgIpc) is 2.45. The van der Waals surface area contributed by atoms with E-state index in [1.165, 1.54) is 0 Å². The van der Waals surface area contributed by atoms with Gasteiger partial charge in [0.1, 0.15) is 0 Å². The molecule has 4 nitrogen and oxygen atoms in total. The lowest BCUT2D eigenvalue weighted by atomic mass is 10.00. The van der Waals surface area contributed by atoms with Gasteiger partial charge in [-0.3, -0.25) is 14.8 Å². The number of nitrogens with one attached hydrogen (secondary N) is 1. The summed E-state index contributed by atoms with van der Waals surface area (Å²) in [6, 6.07) is 7.33. The highest BCUT2D eigenvalue weighted by molar-refractivity contribution is 9.10. The minimum absolute atomic E-state index is 0.123. The van der Waals surface area contributed by atoms with Crippen molar-refractivity contribution < 1.29 is 4.79 Å². The van der Waals surface area contributed by atoms with Gasteiger partial charge >= 0.3 is 0 Å². The molecular weight excluding hydrogens is 318 g/mol. The largest absolute Gasteiger partial charge is 0.343 e. The van der Waals surface area contributed by atoms with E-state index in [2.05, 4.69) is 45.1 Å². The van der Waals surface area contributed by atoms with E-state index in [0.29, 0.717) is 5.56 Å². The van der Waals surface area contributed by atoms with Crippen LogP contribution in [-0.4, -0.2) is 15.9 Å². The molecule has 2 aromatic heterocycles. The third kappa shape index (κ3) is 3.63. The van der Waals surface area contributed by atoms with Crippen LogP contribution in [0.2, 0.25) is 0 Å². The summed E-state index contributed by atoms with van der Waals surface area (Å²) in [5.41, 5.74) is 1.39. The predicted octanol–water partition coefficient (Wildman–Crippen LogP) is 3.37. The second kappa shape index (κ2) is 6.61. The molecule has 0 unspecified atom stereocenters. The lowest BCUT2D eigenvalue weighted by molar-refractivity contribution is 0.0924. The van der Waals surface area contributed by atoms with Crippen LogP contribution >= 0.6 is 15.9 Å². The van der Waals surface area contributed by atoms with Crippen LogP contribution in [0.25, 0.3) is 0 Å². The molecule has 0 radical (unpaired) electrons. The molecule has 0 aliphatic heterocycles. The fourth-order valence-corrected chi connectivity index (χ4v) is 2.27. The Morgan fingerprint density at radius 2 is 2.10 bits per heavy atom. The third-order valence-corrected chi connectivity index (χ3v) is 3.36. The molecular formula is C15H16BrN3O. The van der Waals surface area contributed by atoms with Crippen molar-refractivity contribution in [2.75, 3.05) is 0 Å². The molecule has 20 heavy (non-hydrogen) atoms. The maximum absolute atomic E-state index is 12.3. The minimum Gasteiger partial charge on any atom is -0.343 e. The number of hydrogen-bond acceptors (Lipinski definition) is 3. The van der Waals surface area contributed by atoms with Crippen molar-refractivity contribution in [3.05, 3.63) is 58.6 Å². The number of carbonyl (C=O) groups is 1. The fourth-order valence-electron chi connectivity index (χ4n) is 1.90. The van der Waals surface area contributed by atoms with E-state index in [9.17, 15) is 4.79 Å². The zero-order valence-corrected chi connectivity index (χ0v) is 13.0. The number of nitrogens with zero attached hydrogens (tertiary/aromatic N) is 2. The van der Waals surface area contributed by atoms with E-state index in [1.807, 2.05) is 18.2 Å². The first kappa shape index (κ1) is 14.7. The standard InChI is InChI=1S/C15H16BrN3O/c1-10(2)14(13-5-3-4-6-18-13)19-15(20)11-7-12(16)9-17-8-11/h3-10,14H,1-2H3,(H,19,20)/t14-/m0/s1. The molecule has 2 heterocycles. The summed E-state index contributed by atoms with van der Waals surface area (Å²) in [5.74, 6) is 0.0946. The summed E-state index contributed by atoms with van der Waals surface area (Å²) < 4.78 is 0.782. The Morgan fingerprint density at radius 3 is 2.70 bits per heavy atom. The van der Waals surface area contributed by atoms with Gasteiger partial charge in [0.05, 0.1) is 17.3 Å². The smallest absolute Gasteiger partial charge is 0.253 e. The summed E-state index contributed by atoms with van der Waals surface area (Å²) in [4.78, 5) is 20.6. The van der Waals surface area contributed by atoms with Crippen LogP contribution in [-0.2, 0) is 0 Å². The normalized spacial score (nSPS) is 12.2. The lowest BCUT2D eigenvalue weighted by Crippen LogP contribution is -2.32. The highest BCUT2D eigenvalue weighted by Gasteiger charge is 2.20. The van der Waals surface area contributed by atoms with Crippen molar-refractivity contribution in [1.82, 2.24) is 15.3 Å². The van der Waals surface area contributed by atoms with E-state index in [-0.39, 0.29) is 17.9 Å². The minimum atomic E-state index is -0.150. The number of carbonyl (C=O) groups excluding carboxylic acids is 1. The molecule has 0 saturated carbocycles. The second-order valence-electron chi connectivity index (χ2n) is 4.84. The van der Waals surface area contributed by atoms with Gasteiger partial charge < -0.3 is 5.32 Å². The van der Waals surface area contributed by atoms with Gasteiger partial charge in [-0.05, 0) is 40.0 Å². The van der Waals surface area contributed by atoms with Crippen LogP contribution in [0.5, 0.6) is 0 Å². The number of aromatic nitrogens is 2. The Morgan fingerprint density at radius 1 is 1.30 bits per heavy atom. The van der Waals surface area contributed by atoms with Crippen molar-refractivity contribution in [1.29, 1.82) is 0 Å². The molecule has 5 heteroatoms. The first-order valence-corrected chi connectivity index (χ1v) is 7.19. The molecule has 0 aliphatic carbocycles. The van der Waals surface area contributed by atoms with Crippen molar-refractivity contribution in [2.24, 2.45) is 5.92 Å². The third-order valence-electron chi connectivity index (χ3n) is 2.93. The first-order chi connectivity index (χ1) is 9.58. The highest BCUT2D eigenvalue weighted by atomic mass is 79.9.